The Balaban J connectivity index is 3.83. The molecule has 0 aliphatic rings. The summed E-state index contributed by atoms with van der Waals surface area (Å²) < 4.78 is 0. The minimum atomic E-state index is -0.164. The van der Waals surface area contributed by atoms with E-state index in [1.54, 1.807) is 0 Å². The van der Waals surface area contributed by atoms with Crippen molar-refractivity contribution in [3.8, 4) is 0 Å². The van der Waals surface area contributed by atoms with E-state index in [4.69, 9.17) is 0 Å². The van der Waals surface area contributed by atoms with E-state index in [9.17, 15) is 5.11 Å². The first-order valence-corrected chi connectivity index (χ1v) is 6.63. The van der Waals surface area contributed by atoms with Gasteiger partial charge in [0.05, 0.1) is 6.10 Å². The van der Waals surface area contributed by atoms with Gasteiger partial charge in [-0.3, -0.25) is 0 Å². The van der Waals surface area contributed by atoms with E-state index in [1.165, 1.54) is 24.8 Å². The summed E-state index contributed by atoms with van der Waals surface area (Å²) in [5.41, 5.74) is 2.39. The fraction of sp³-hybridized carbons (Fsp3) is 0.733. The van der Waals surface area contributed by atoms with Crippen molar-refractivity contribution in [1.29, 1.82) is 0 Å². The van der Waals surface area contributed by atoms with Crippen molar-refractivity contribution >= 4 is 0 Å². The molecule has 16 heavy (non-hydrogen) atoms. The molecule has 0 aliphatic heterocycles. The molecule has 0 heterocycles. The molecular formula is C15H28O. The molecule has 0 amide bonds. The van der Waals surface area contributed by atoms with Crippen molar-refractivity contribution in [1.82, 2.24) is 0 Å². The molecule has 0 aromatic rings. The Kier molecular flexibility index (Phi) is 9.31. The van der Waals surface area contributed by atoms with Gasteiger partial charge >= 0.3 is 0 Å². The normalized spacial score (nSPS) is 13.9. The number of hydrogen-bond acceptors (Lipinski definition) is 1. The molecule has 1 N–H and O–H groups in total. The van der Waals surface area contributed by atoms with Crippen molar-refractivity contribution in [3.05, 3.63) is 23.8 Å². The van der Waals surface area contributed by atoms with Gasteiger partial charge in [0.25, 0.3) is 0 Å². The molecule has 0 rings (SSSR count). The summed E-state index contributed by atoms with van der Waals surface area (Å²) in [6.07, 6.45) is 9.65. The average Bonchev–Trinajstić information content (AvgIpc) is 2.23. The van der Waals surface area contributed by atoms with Gasteiger partial charge in [0.15, 0.2) is 0 Å². The van der Waals surface area contributed by atoms with Crippen LogP contribution in [0.1, 0.15) is 65.7 Å². The highest BCUT2D eigenvalue weighted by Crippen LogP contribution is 2.16. The predicted molar refractivity (Wildman–Crippen MR) is 72.6 cm³/mol. The van der Waals surface area contributed by atoms with Crippen LogP contribution in [0.4, 0.5) is 0 Å². The summed E-state index contributed by atoms with van der Waals surface area (Å²) in [4.78, 5) is 0. The van der Waals surface area contributed by atoms with Gasteiger partial charge in [-0.1, -0.05) is 63.3 Å². The van der Waals surface area contributed by atoms with Crippen molar-refractivity contribution in [2.45, 2.75) is 71.8 Å². The smallest absolute Gasteiger partial charge is 0.0577 e. The maximum absolute atomic E-state index is 9.89. The van der Waals surface area contributed by atoms with E-state index in [1.807, 2.05) is 6.92 Å². The van der Waals surface area contributed by atoms with Crippen LogP contribution in [0.2, 0.25) is 0 Å². The fourth-order valence-corrected chi connectivity index (χ4v) is 1.87. The van der Waals surface area contributed by atoms with E-state index in [2.05, 4.69) is 26.5 Å². The first kappa shape index (κ1) is 15.4. The second kappa shape index (κ2) is 9.65. The highest BCUT2D eigenvalue weighted by Gasteiger charge is 2.06. The molecule has 1 nitrogen and oxygen atoms in total. The molecule has 0 bridgehead atoms. The molecule has 1 heteroatoms. The Morgan fingerprint density at radius 3 is 2.44 bits per heavy atom. The number of rotatable bonds is 9. The zero-order chi connectivity index (χ0) is 12.4. The highest BCUT2D eigenvalue weighted by atomic mass is 16.3. The van der Waals surface area contributed by atoms with E-state index >= 15 is 0 Å². The maximum Gasteiger partial charge on any atom is 0.0577 e. The number of hydrogen-bond donors (Lipinski definition) is 1. The fourth-order valence-electron chi connectivity index (χ4n) is 1.87. The monoisotopic (exact) mass is 224 g/mol. The molecule has 0 aromatic heterocycles. The second-order valence-electron chi connectivity index (χ2n) is 4.71. The van der Waals surface area contributed by atoms with Crippen LogP contribution in [0.25, 0.3) is 0 Å². The first-order valence-electron chi connectivity index (χ1n) is 6.63. The molecule has 0 unspecified atom stereocenters. The van der Waals surface area contributed by atoms with Crippen LogP contribution in [0, 0.1) is 0 Å². The summed E-state index contributed by atoms with van der Waals surface area (Å²) in [7, 11) is 0. The van der Waals surface area contributed by atoms with Gasteiger partial charge < -0.3 is 5.11 Å². The Labute approximate surface area is 101 Å². The summed E-state index contributed by atoms with van der Waals surface area (Å²) in [5.74, 6) is 0. The van der Waals surface area contributed by atoms with E-state index in [0.717, 1.165) is 31.3 Å². The van der Waals surface area contributed by atoms with E-state index < -0.39 is 0 Å². The Morgan fingerprint density at radius 1 is 1.25 bits per heavy atom. The van der Waals surface area contributed by atoms with E-state index in [-0.39, 0.29) is 6.10 Å². The van der Waals surface area contributed by atoms with Gasteiger partial charge in [-0.05, 0) is 26.2 Å². The molecule has 0 aliphatic carbocycles. The molecule has 0 fully saturated rings. The third kappa shape index (κ3) is 8.72. The molecule has 0 aromatic carbocycles. The van der Waals surface area contributed by atoms with Gasteiger partial charge in [-0.25, -0.2) is 0 Å². The zero-order valence-electron chi connectivity index (χ0n) is 11.3. The van der Waals surface area contributed by atoms with Gasteiger partial charge in [0.1, 0.15) is 0 Å². The van der Waals surface area contributed by atoms with Gasteiger partial charge in [0, 0.05) is 0 Å². The average molecular weight is 224 g/mol. The van der Waals surface area contributed by atoms with Crippen molar-refractivity contribution < 1.29 is 5.11 Å². The lowest BCUT2D eigenvalue weighted by molar-refractivity contribution is 0.160. The van der Waals surface area contributed by atoms with Crippen LogP contribution < -0.4 is 0 Å². The van der Waals surface area contributed by atoms with Crippen LogP contribution in [0.15, 0.2) is 23.8 Å². The van der Waals surface area contributed by atoms with Gasteiger partial charge in [0.2, 0.25) is 0 Å². The molecule has 1 atom stereocenters. The maximum atomic E-state index is 9.89. The molecule has 94 valence electrons. The summed E-state index contributed by atoms with van der Waals surface area (Å²) in [6.45, 7) is 10.2. The lowest BCUT2D eigenvalue weighted by Gasteiger charge is -2.12. The number of aliphatic hydroxyl groups excluding tert-OH is 1. The standard InChI is InChI=1S/C15H28O/c1-5-7-8-9-10-15(16)12-14(6-2)11-13(3)4/h11,15-16H,3,5-10,12H2,1-2,4H3/b14-11+/t15-/m1/s1. The second-order valence-corrected chi connectivity index (χ2v) is 4.71. The lowest BCUT2D eigenvalue weighted by Crippen LogP contribution is -2.07. The topological polar surface area (TPSA) is 20.2 Å². The molecule has 0 radical (unpaired) electrons. The largest absolute Gasteiger partial charge is 0.393 e. The summed E-state index contributed by atoms with van der Waals surface area (Å²) in [5, 5.41) is 9.89. The molecule has 0 saturated heterocycles. The zero-order valence-corrected chi connectivity index (χ0v) is 11.3. The molecular weight excluding hydrogens is 196 g/mol. The lowest BCUT2D eigenvalue weighted by atomic mass is 9.99. The van der Waals surface area contributed by atoms with Crippen LogP contribution in [-0.4, -0.2) is 11.2 Å². The Morgan fingerprint density at radius 2 is 1.94 bits per heavy atom. The Bertz CT molecular complexity index is 215. The third-order valence-corrected chi connectivity index (χ3v) is 2.79. The molecule has 0 saturated carbocycles. The number of unbranched alkanes of at least 4 members (excludes halogenated alkanes) is 3. The Hall–Kier alpha value is -0.560. The molecule has 0 spiro atoms. The first-order chi connectivity index (χ1) is 7.60. The SMILES string of the molecule is C=C(C)/C=C(\CC)C[C@H](O)CCCCCC. The van der Waals surface area contributed by atoms with Gasteiger partial charge in [-0.2, -0.15) is 0 Å². The van der Waals surface area contributed by atoms with Crippen molar-refractivity contribution in [3.63, 3.8) is 0 Å². The van der Waals surface area contributed by atoms with E-state index in [0.29, 0.717) is 0 Å². The van der Waals surface area contributed by atoms with Crippen LogP contribution >= 0.6 is 0 Å². The van der Waals surface area contributed by atoms with Crippen LogP contribution in [0.5, 0.6) is 0 Å². The summed E-state index contributed by atoms with van der Waals surface area (Å²) >= 11 is 0. The number of allylic oxidation sites excluding steroid dienone is 2. The highest BCUT2D eigenvalue weighted by molar-refractivity contribution is 5.18. The van der Waals surface area contributed by atoms with Gasteiger partial charge in [-0.15, -0.1) is 0 Å². The minimum absolute atomic E-state index is 0.164. The van der Waals surface area contributed by atoms with Crippen molar-refractivity contribution in [2.75, 3.05) is 0 Å². The predicted octanol–water partition coefficient (Wildman–Crippen LogP) is 4.62. The minimum Gasteiger partial charge on any atom is -0.393 e. The van der Waals surface area contributed by atoms with Crippen molar-refractivity contribution in [2.24, 2.45) is 0 Å². The number of aliphatic hydroxyl groups is 1. The summed E-state index contributed by atoms with van der Waals surface area (Å²) in [6, 6.07) is 0. The quantitative estimate of drug-likeness (QED) is 0.447. The van der Waals surface area contributed by atoms with Crippen LogP contribution in [-0.2, 0) is 0 Å². The third-order valence-electron chi connectivity index (χ3n) is 2.79. The van der Waals surface area contributed by atoms with Crippen LogP contribution in [0.3, 0.4) is 0 Å².